The van der Waals surface area contributed by atoms with Crippen molar-refractivity contribution in [2.24, 2.45) is 0 Å². The van der Waals surface area contributed by atoms with E-state index in [4.69, 9.17) is 0 Å². The van der Waals surface area contributed by atoms with E-state index in [-0.39, 0.29) is 35.8 Å². The number of aromatic nitrogens is 2. The third-order valence-corrected chi connectivity index (χ3v) is 6.48. The van der Waals surface area contributed by atoms with Gasteiger partial charge < -0.3 is 4.90 Å². The van der Waals surface area contributed by atoms with Crippen LogP contribution >= 0.6 is 0 Å². The zero-order chi connectivity index (χ0) is 19.7. The monoisotopic (exact) mass is 383 g/mol. The molecule has 6 heteroatoms. The summed E-state index contributed by atoms with van der Waals surface area (Å²) in [5, 5.41) is 0.521. The van der Waals surface area contributed by atoms with E-state index in [2.05, 4.69) is 6.92 Å². The second-order valence-corrected chi connectivity index (χ2v) is 8.14. The average Bonchev–Trinajstić information content (AvgIpc) is 3.25. The molecule has 1 amide bonds. The molecule has 1 aliphatic heterocycles. The Kier molecular flexibility index (Phi) is 5.38. The molecule has 0 bridgehead atoms. The zero-order valence-corrected chi connectivity index (χ0v) is 16.6. The van der Waals surface area contributed by atoms with Gasteiger partial charge in [0.25, 0.3) is 5.56 Å². The van der Waals surface area contributed by atoms with E-state index in [1.54, 1.807) is 12.1 Å². The van der Waals surface area contributed by atoms with Crippen LogP contribution in [0.1, 0.15) is 64.3 Å². The molecule has 0 N–H and O–H groups in total. The molecule has 0 radical (unpaired) electrons. The van der Waals surface area contributed by atoms with Crippen molar-refractivity contribution in [2.75, 3.05) is 6.54 Å². The van der Waals surface area contributed by atoms with Crippen molar-refractivity contribution < 1.29 is 4.79 Å². The molecule has 4 rings (SSSR count). The first-order valence-electron chi connectivity index (χ1n) is 10.7. The first kappa shape index (κ1) is 19.0. The van der Waals surface area contributed by atoms with Crippen molar-refractivity contribution in [1.82, 2.24) is 14.0 Å². The highest BCUT2D eigenvalue weighted by Crippen LogP contribution is 2.27. The minimum Gasteiger partial charge on any atom is -0.338 e. The fourth-order valence-electron chi connectivity index (χ4n) is 4.96. The van der Waals surface area contributed by atoms with E-state index in [0.29, 0.717) is 10.9 Å². The smallest absolute Gasteiger partial charge is 0.332 e. The predicted molar refractivity (Wildman–Crippen MR) is 110 cm³/mol. The molecular weight excluding hydrogens is 354 g/mol. The molecule has 2 aliphatic rings. The number of hydrogen-bond donors (Lipinski definition) is 0. The SMILES string of the molecule is CC[C@@H]1CCCCN1C(=O)Cn1c(=O)n(C2CCCC2)c(=O)c2ccccc21. The van der Waals surface area contributed by atoms with Crippen LogP contribution in [0.25, 0.3) is 10.9 Å². The van der Waals surface area contributed by atoms with Crippen molar-refractivity contribution in [2.45, 2.75) is 76.9 Å². The molecule has 1 aromatic carbocycles. The number of para-hydroxylation sites is 1. The van der Waals surface area contributed by atoms with Crippen molar-refractivity contribution in [3.63, 3.8) is 0 Å². The van der Waals surface area contributed by atoms with Crippen LogP contribution in [-0.2, 0) is 11.3 Å². The van der Waals surface area contributed by atoms with E-state index < -0.39 is 0 Å². The number of benzene rings is 1. The summed E-state index contributed by atoms with van der Waals surface area (Å²) < 4.78 is 2.94. The van der Waals surface area contributed by atoms with Crippen LogP contribution in [0.4, 0.5) is 0 Å². The standard InChI is InChI=1S/C22H29N3O3/c1-2-16-9-7-8-14-23(16)20(26)15-24-19-13-6-5-12-18(19)21(27)25(22(24)28)17-10-3-4-11-17/h5-6,12-13,16-17H,2-4,7-11,14-15H2,1H3/t16-/m1/s1. The third-order valence-electron chi connectivity index (χ3n) is 6.48. The average molecular weight is 383 g/mol. The van der Waals surface area contributed by atoms with Crippen LogP contribution in [-0.4, -0.2) is 32.5 Å². The third kappa shape index (κ3) is 3.29. The van der Waals surface area contributed by atoms with E-state index in [1.807, 2.05) is 17.0 Å². The van der Waals surface area contributed by atoms with E-state index >= 15 is 0 Å². The number of fused-ring (bicyclic) bond motifs is 1. The topological polar surface area (TPSA) is 64.3 Å². The maximum Gasteiger partial charge on any atom is 0.332 e. The maximum absolute atomic E-state index is 13.3. The Hall–Kier alpha value is -2.37. The summed E-state index contributed by atoms with van der Waals surface area (Å²) >= 11 is 0. The van der Waals surface area contributed by atoms with Crippen LogP contribution in [0, 0.1) is 0 Å². The van der Waals surface area contributed by atoms with Crippen molar-refractivity contribution in [3.8, 4) is 0 Å². The Morgan fingerprint density at radius 3 is 2.50 bits per heavy atom. The zero-order valence-electron chi connectivity index (χ0n) is 16.6. The quantitative estimate of drug-likeness (QED) is 0.815. The van der Waals surface area contributed by atoms with Gasteiger partial charge in [0.1, 0.15) is 6.54 Å². The van der Waals surface area contributed by atoms with Crippen LogP contribution in [0.15, 0.2) is 33.9 Å². The summed E-state index contributed by atoms with van der Waals surface area (Å²) in [7, 11) is 0. The summed E-state index contributed by atoms with van der Waals surface area (Å²) in [6.07, 6.45) is 7.90. The maximum atomic E-state index is 13.3. The number of likely N-dealkylation sites (tertiary alicyclic amines) is 1. The lowest BCUT2D eigenvalue weighted by Crippen LogP contribution is -2.48. The number of carbonyl (C=O) groups excluding carboxylic acids is 1. The minimum atomic E-state index is -0.339. The molecule has 6 nitrogen and oxygen atoms in total. The first-order chi connectivity index (χ1) is 13.6. The van der Waals surface area contributed by atoms with Gasteiger partial charge in [-0.1, -0.05) is 31.9 Å². The molecular formula is C22H29N3O3. The molecule has 2 aromatic rings. The van der Waals surface area contributed by atoms with E-state index in [1.165, 1.54) is 9.13 Å². The van der Waals surface area contributed by atoms with Gasteiger partial charge in [-0.3, -0.25) is 18.7 Å². The molecule has 2 heterocycles. The van der Waals surface area contributed by atoms with Gasteiger partial charge in [0, 0.05) is 18.6 Å². The summed E-state index contributed by atoms with van der Waals surface area (Å²) in [6, 6.07) is 7.37. The molecule has 1 saturated carbocycles. The molecule has 1 aromatic heterocycles. The number of hydrogen-bond acceptors (Lipinski definition) is 3. The minimum absolute atomic E-state index is 0.00282. The van der Waals surface area contributed by atoms with Crippen LogP contribution in [0.3, 0.4) is 0 Å². The number of rotatable bonds is 4. The van der Waals surface area contributed by atoms with Crippen LogP contribution in [0.5, 0.6) is 0 Å². The molecule has 0 unspecified atom stereocenters. The Labute approximate surface area is 164 Å². The molecule has 2 fully saturated rings. The molecule has 1 aliphatic carbocycles. The second-order valence-electron chi connectivity index (χ2n) is 8.14. The normalized spacial score (nSPS) is 20.8. The van der Waals surface area contributed by atoms with Crippen LogP contribution in [0.2, 0.25) is 0 Å². The van der Waals surface area contributed by atoms with Gasteiger partial charge in [0.2, 0.25) is 5.91 Å². The lowest BCUT2D eigenvalue weighted by molar-refractivity contribution is -0.135. The highest BCUT2D eigenvalue weighted by Gasteiger charge is 2.28. The van der Waals surface area contributed by atoms with Gasteiger partial charge in [0.15, 0.2) is 0 Å². The number of piperidine rings is 1. The lowest BCUT2D eigenvalue weighted by Gasteiger charge is -2.35. The highest BCUT2D eigenvalue weighted by atomic mass is 16.2. The second kappa shape index (κ2) is 7.94. The van der Waals surface area contributed by atoms with Crippen molar-refractivity contribution in [1.29, 1.82) is 0 Å². The fourth-order valence-corrected chi connectivity index (χ4v) is 4.96. The molecule has 1 saturated heterocycles. The lowest BCUT2D eigenvalue weighted by atomic mass is 10.00. The largest absolute Gasteiger partial charge is 0.338 e. The van der Waals surface area contributed by atoms with Gasteiger partial charge in [-0.25, -0.2) is 4.79 Å². The van der Waals surface area contributed by atoms with Crippen molar-refractivity contribution >= 4 is 16.8 Å². The number of nitrogens with zero attached hydrogens (tertiary/aromatic N) is 3. The molecule has 28 heavy (non-hydrogen) atoms. The van der Waals surface area contributed by atoms with Gasteiger partial charge >= 0.3 is 5.69 Å². The van der Waals surface area contributed by atoms with E-state index in [9.17, 15) is 14.4 Å². The summed E-state index contributed by atoms with van der Waals surface area (Å²) in [5.41, 5.74) is -0.000214. The van der Waals surface area contributed by atoms with Gasteiger partial charge in [-0.05, 0) is 50.7 Å². The molecule has 0 spiro atoms. The molecule has 1 atom stereocenters. The summed E-state index contributed by atoms with van der Waals surface area (Å²) in [5.74, 6) is -0.0181. The van der Waals surface area contributed by atoms with E-state index in [0.717, 1.165) is 57.9 Å². The van der Waals surface area contributed by atoms with Crippen LogP contribution < -0.4 is 11.2 Å². The Balaban J connectivity index is 1.78. The fraction of sp³-hybridized carbons (Fsp3) is 0.591. The molecule has 150 valence electrons. The van der Waals surface area contributed by atoms with Gasteiger partial charge in [-0.2, -0.15) is 0 Å². The summed E-state index contributed by atoms with van der Waals surface area (Å²) in [6.45, 7) is 2.87. The Morgan fingerprint density at radius 2 is 1.75 bits per heavy atom. The Morgan fingerprint density at radius 1 is 1.04 bits per heavy atom. The number of amides is 1. The number of carbonyl (C=O) groups is 1. The highest BCUT2D eigenvalue weighted by molar-refractivity contribution is 5.82. The first-order valence-corrected chi connectivity index (χ1v) is 10.7. The van der Waals surface area contributed by atoms with Crippen molar-refractivity contribution in [3.05, 3.63) is 45.1 Å². The predicted octanol–water partition coefficient (Wildman–Crippen LogP) is 3.07. The summed E-state index contributed by atoms with van der Waals surface area (Å²) in [4.78, 5) is 41.4. The van der Waals surface area contributed by atoms with Gasteiger partial charge in [-0.15, -0.1) is 0 Å². The Bertz CT molecular complexity index is 985. The van der Waals surface area contributed by atoms with Gasteiger partial charge in [0.05, 0.1) is 10.9 Å².